The van der Waals surface area contributed by atoms with Gasteiger partial charge < -0.3 is 10.5 Å². The molecule has 0 aliphatic carbocycles. The van der Waals surface area contributed by atoms with E-state index in [-0.39, 0.29) is 0 Å². The van der Waals surface area contributed by atoms with Crippen LogP contribution < -0.4 is 10.5 Å². The van der Waals surface area contributed by atoms with Gasteiger partial charge in [-0.25, -0.2) is 0 Å². The fourth-order valence-corrected chi connectivity index (χ4v) is 1.33. The molecular formula is C12H18N2O2. The highest BCUT2D eigenvalue weighted by Crippen LogP contribution is 2.13. The lowest BCUT2D eigenvalue weighted by Crippen LogP contribution is -2.18. The Morgan fingerprint density at radius 3 is 2.62 bits per heavy atom. The van der Waals surface area contributed by atoms with Crippen LogP contribution in [0.25, 0.3) is 0 Å². The third-order valence-corrected chi connectivity index (χ3v) is 2.27. The minimum Gasteiger partial charge on any atom is -0.494 e. The van der Waals surface area contributed by atoms with E-state index < -0.39 is 6.17 Å². The Hall–Kier alpha value is -1.42. The van der Waals surface area contributed by atoms with Crippen molar-refractivity contribution in [3.05, 3.63) is 34.7 Å². The first kappa shape index (κ1) is 12.6. The molecule has 4 nitrogen and oxygen atoms in total. The Morgan fingerprint density at radius 2 is 2.06 bits per heavy atom. The number of hydrogen-bond acceptors (Lipinski definition) is 4. The average Bonchev–Trinajstić information content (AvgIpc) is 2.31. The van der Waals surface area contributed by atoms with Crippen molar-refractivity contribution in [2.24, 2.45) is 10.9 Å². The van der Waals surface area contributed by atoms with E-state index in [1.54, 1.807) is 0 Å². The van der Waals surface area contributed by atoms with Crippen molar-refractivity contribution >= 4 is 0 Å². The lowest BCUT2D eigenvalue weighted by molar-refractivity contribution is 0.309. The summed E-state index contributed by atoms with van der Waals surface area (Å²) in [5.41, 5.74) is 6.43. The van der Waals surface area contributed by atoms with Crippen molar-refractivity contribution in [2.75, 3.05) is 6.61 Å². The van der Waals surface area contributed by atoms with Gasteiger partial charge in [0.15, 0.2) is 0 Å². The SMILES string of the molecule is CCCCOc1ccc(C[C@H](N)N=O)cc1. The molecule has 4 heteroatoms. The number of unbranched alkanes of at least 4 members (excludes halogenated alkanes) is 1. The highest BCUT2D eigenvalue weighted by molar-refractivity contribution is 5.27. The van der Waals surface area contributed by atoms with Gasteiger partial charge in [-0.1, -0.05) is 30.7 Å². The molecule has 0 aliphatic rings. The average molecular weight is 222 g/mol. The zero-order chi connectivity index (χ0) is 11.8. The van der Waals surface area contributed by atoms with E-state index in [0.717, 1.165) is 30.8 Å². The summed E-state index contributed by atoms with van der Waals surface area (Å²) in [7, 11) is 0. The standard InChI is InChI=1S/C12H18N2O2/c1-2-3-8-16-11-6-4-10(5-7-11)9-12(13)14-15/h4-7,12H,2-3,8-9,13H2,1H3/t12-/m1/s1. The van der Waals surface area contributed by atoms with E-state index in [4.69, 9.17) is 10.5 Å². The molecule has 0 spiro atoms. The Bertz CT molecular complexity index is 311. The predicted octanol–water partition coefficient (Wildman–Crippen LogP) is 2.46. The molecule has 1 aromatic rings. The highest BCUT2D eigenvalue weighted by Gasteiger charge is 2.03. The summed E-state index contributed by atoms with van der Waals surface area (Å²) in [6.45, 7) is 2.87. The maximum absolute atomic E-state index is 10.2. The molecular weight excluding hydrogens is 204 g/mol. The monoisotopic (exact) mass is 222 g/mol. The predicted molar refractivity (Wildman–Crippen MR) is 64.3 cm³/mol. The Morgan fingerprint density at radius 1 is 1.38 bits per heavy atom. The molecule has 0 aromatic heterocycles. The minimum atomic E-state index is -0.660. The Labute approximate surface area is 95.8 Å². The Kier molecular flexibility index (Phi) is 5.50. The lowest BCUT2D eigenvalue weighted by Gasteiger charge is -2.07. The third-order valence-electron chi connectivity index (χ3n) is 2.27. The van der Waals surface area contributed by atoms with Crippen LogP contribution in [-0.2, 0) is 6.42 Å². The van der Waals surface area contributed by atoms with Crippen molar-refractivity contribution < 1.29 is 4.74 Å². The van der Waals surface area contributed by atoms with E-state index >= 15 is 0 Å². The summed E-state index contributed by atoms with van der Waals surface area (Å²) in [5.74, 6) is 0.852. The molecule has 0 radical (unpaired) electrons. The van der Waals surface area contributed by atoms with Crippen molar-refractivity contribution in [1.82, 2.24) is 0 Å². The first-order valence-electron chi connectivity index (χ1n) is 5.56. The smallest absolute Gasteiger partial charge is 0.143 e. The van der Waals surface area contributed by atoms with Crippen LogP contribution >= 0.6 is 0 Å². The quantitative estimate of drug-likeness (QED) is 0.569. The van der Waals surface area contributed by atoms with Crippen LogP contribution in [0.4, 0.5) is 0 Å². The van der Waals surface area contributed by atoms with E-state index in [2.05, 4.69) is 12.1 Å². The summed E-state index contributed by atoms with van der Waals surface area (Å²) in [6, 6.07) is 7.60. The van der Waals surface area contributed by atoms with E-state index in [1.807, 2.05) is 24.3 Å². The normalized spacial score (nSPS) is 12.1. The van der Waals surface area contributed by atoms with Gasteiger partial charge in [0.25, 0.3) is 0 Å². The fourth-order valence-electron chi connectivity index (χ4n) is 1.33. The molecule has 1 aromatic carbocycles. The number of ether oxygens (including phenoxy) is 1. The largest absolute Gasteiger partial charge is 0.494 e. The second-order valence-electron chi connectivity index (χ2n) is 3.72. The van der Waals surface area contributed by atoms with E-state index in [1.165, 1.54) is 0 Å². The second-order valence-corrected chi connectivity index (χ2v) is 3.72. The van der Waals surface area contributed by atoms with Gasteiger partial charge in [-0.15, -0.1) is 4.91 Å². The molecule has 0 heterocycles. The lowest BCUT2D eigenvalue weighted by atomic mass is 10.1. The molecule has 16 heavy (non-hydrogen) atoms. The zero-order valence-electron chi connectivity index (χ0n) is 9.56. The summed E-state index contributed by atoms with van der Waals surface area (Å²) >= 11 is 0. The van der Waals surface area contributed by atoms with Crippen LogP contribution in [0.15, 0.2) is 29.4 Å². The first-order chi connectivity index (χ1) is 7.76. The number of nitrogens with two attached hydrogens (primary N) is 1. The molecule has 88 valence electrons. The molecule has 0 saturated heterocycles. The number of rotatable bonds is 7. The van der Waals surface area contributed by atoms with E-state index in [0.29, 0.717) is 6.42 Å². The van der Waals surface area contributed by atoms with Crippen molar-refractivity contribution in [1.29, 1.82) is 0 Å². The maximum atomic E-state index is 10.2. The first-order valence-corrected chi connectivity index (χ1v) is 5.56. The molecule has 0 fully saturated rings. The maximum Gasteiger partial charge on any atom is 0.143 e. The van der Waals surface area contributed by atoms with Gasteiger partial charge in [-0.05, 0) is 24.1 Å². The number of nitrogens with zero attached hydrogens (tertiary/aromatic N) is 1. The van der Waals surface area contributed by atoms with E-state index in [9.17, 15) is 4.91 Å². The number of hydrogen-bond donors (Lipinski definition) is 1. The van der Waals surface area contributed by atoms with Crippen molar-refractivity contribution in [3.8, 4) is 5.75 Å². The van der Waals surface area contributed by atoms with Gasteiger partial charge >= 0.3 is 0 Å². The third kappa shape index (κ3) is 4.40. The van der Waals surface area contributed by atoms with Crippen LogP contribution in [-0.4, -0.2) is 12.8 Å². The molecule has 0 aliphatic heterocycles. The molecule has 1 atom stereocenters. The highest BCUT2D eigenvalue weighted by atomic mass is 16.5. The van der Waals surface area contributed by atoms with Gasteiger partial charge in [0.05, 0.1) is 6.61 Å². The van der Waals surface area contributed by atoms with Crippen molar-refractivity contribution in [3.63, 3.8) is 0 Å². The molecule has 0 amide bonds. The van der Waals surface area contributed by atoms with Crippen LogP contribution in [0.3, 0.4) is 0 Å². The van der Waals surface area contributed by atoms with Crippen LogP contribution in [0.5, 0.6) is 5.75 Å². The summed E-state index contributed by atoms with van der Waals surface area (Å²) < 4.78 is 5.52. The molecule has 0 unspecified atom stereocenters. The molecule has 1 rings (SSSR count). The van der Waals surface area contributed by atoms with Gasteiger partial charge in [0.1, 0.15) is 11.9 Å². The van der Waals surface area contributed by atoms with Crippen LogP contribution in [0, 0.1) is 4.91 Å². The second kappa shape index (κ2) is 6.95. The summed E-state index contributed by atoms with van der Waals surface area (Å²) in [6.07, 6.45) is 1.99. The summed E-state index contributed by atoms with van der Waals surface area (Å²) in [4.78, 5) is 10.2. The molecule has 2 N–H and O–H groups in total. The van der Waals surface area contributed by atoms with Gasteiger partial charge in [-0.2, -0.15) is 0 Å². The Balaban J connectivity index is 2.44. The van der Waals surface area contributed by atoms with Crippen LogP contribution in [0.2, 0.25) is 0 Å². The summed E-state index contributed by atoms with van der Waals surface area (Å²) in [5, 5.41) is 2.76. The molecule has 0 bridgehead atoms. The number of nitroso groups, excluding NO2 is 1. The van der Waals surface area contributed by atoms with Gasteiger partial charge in [0.2, 0.25) is 0 Å². The topological polar surface area (TPSA) is 64.7 Å². The number of benzene rings is 1. The molecule has 0 saturated carbocycles. The fraction of sp³-hybridized carbons (Fsp3) is 0.500. The van der Waals surface area contributed by atoms with Gasteiger partial charge in [-0.3, -0.25) is 0 Å². The van der Waals surface area contributed by atoms with Gasteiger partial charge in [0, 0.05) is 6.42 Å². The zero-order valence-corrected chi connectivity index (χ0v) is 9.56. The van der Waals surface area contributed by atoms with Crippen molar-refractivity contribution in [2.45, 2.75) is 32.4 Å². The minimum absolute atomic E-state index is 0.471. The van der Waals surface area contributed by atoms with Crippen LogP contribution in [0.1, 0.15) is 25.3 Å².